The van der Waals surface area contributed by atoms with Gasteiger partial charge in [0, 0.05) is 19.4 Å². The molecule has 4 rings (SSSR count). The van der Waals surface area contributed by atoms with E-state index in [1.165, 1.54) is 0 Å². The number of carbonyl (C=O) groups excluding carboxylic acids is 5. The van der Waals surface area contributed by atoms with Crippen LogP contribution in [0.3, 0.4) is 0 Å². The number of Topliss-reactive ketones (excluding diaryl/α,β-unsaturated/α-hetero) is 1. The largest absolute Gasteiger partial charge is 0.296 e. The van der Waals surface area contributed by atoms with E-state index >= 15 is 0 Å². The van der Waals surface area contributed by atoms with E-state index < -0.39 is 47.9 Å². The lowest BCUT2D eigenvalue weighted by Crippen LogP contribution is -2.41. The Bertz CT molecular complexity index is 894. The lowest BCUT2D eigenvalue weighted by Gasteiger charge is -2.16. The lowest BCUT2D eigenvalue weighted by atomic mass is 9.95. The Labute approximate surface area is 160 Å². The van der Waals surface area contributed by atoms with Crippen LogP contribution in [0.5, 0.6) is 0 Å². The third kappa shape index (κ3) is 2.98. The molecule has 2 atom stereocenters. The minimum atomic E-state index is -1.01. The van der Waals surface area contributed by atoms with Gasteiger partial charge in [-0.25, -0.2) is 0 Å². The molecule has 9 nitrogen and oxygen atoms in total. The number of likely N-dealkylation sites (tertiary alicyclic amines) is 2. The van der Waals surface area contributed by atoms with Crippen molar-refractivity contribution in [1.82, 2.24) is 15.2 Å². The zero-order valence-corrected chi connectivity index (χ0v) is 15.0. The van der Waals surface area contributed by atoms with E-state index in [4.69, 9.17) is 0 Å². The summed E-state index contributed by atoms with van der Waals surface area (Å²) in [5, 5.41) is 3.87. The van der Waals surface area contributed by atoms with Crippen LogP contribution < -0.4 is 5.43 Å². The van der Waals surface area contributed by atoms with Gasteiger partial charge in [0.05, 0.1) is 6.54 Å². The fraction of sp³-hybridized carbons (Fsp3) is 0.368. The predicted molar refractivity (Wildman–Crippen MR) is 95.7 cm³/mol. The van der Waals surface area contributed by atoms with Crippen LogP contribution >= 0.6 is 0 Å². The van der Waals surface area contributed by atoms with Gasteiger partial charge in [0.1, 0.15) is 17.7 Å². The SMILES string of the molecule is O=C(CN1C(=O)CCC1=O)C1=NNC2C(=O)N(CCc3ccccc3)C(=O)C12. The van der Waals surface area contributed by atoms with Gasteiger partial charge in [0.2, 0.25) is 17.7 Å². The quantitative estimate of drug-likeness (QED) is 0.648. The molecule has 0 spiro atoms. The molecule has 3 aliphatic heterocycles. The molecule has 0 radical (unpaired) electrons. The zero-order valence-electron chi connectivity index (χ0n) is 15.0. The predicted octanol–water partition coefficient (Wildman–Crippen LogP) is -0.740. The van der Waals surface area contributed by atoms with Gasteiger partial charge in [-0.05, 0) is 12.0 Å². The molecular weight excluding hydrogens is 364 g/mol. The highest BCUT2D eigenvalue weighted by atomic mass is 16.2. The summed E-state index contributed by atoms with van der Waals surface area (Å²) in [5.41, 5.74) is 3.46. The first-order valence-corrected chi connectivity index (χ1v) is 9.06. The molecule has 3 heterocycles. The summed E-state index contributed by atoms with van der Waals surface area (Å²) in [6.07, 6.45) is 0.663. The average molecular weight is 382 g/mol. The van der Waals surface area contributed by atoms with Crippen LogP contribution in [0.1, 0.15) is 18.4 Å². The molecular formula is C19H18N4O5. The minimum Gasteiger partial charge on any atom is -0.296 e. The van der Waals surface area contributed by atoms with Crippen LogP contribution in [0, 0.1) is 5.92 Å². The smallest absolute Gasteiger partial charge is 0.254 e. The molecule has 2 unspecified atom stereocenters. The summed E-state index contributed by atoms with van der Waals surface area (Å²) in [5.74, 6) is -3.36. The molecule has 9 heteroatoms. The Balaban J connectivity index is 1.45. The van der Waals surface area contributed by atoms with E-state index in [1.807, 2.05) is 30.3 Å². The number of imide groups is 2. The summed E-state index contributed by atoms with van der Waals surface area (Å²) >= 11 is 0. The number of carbonyl (C=O) groups is 5. The van der Waals surface area contributed by atoms with Crippen LogP contribution in [-0.4, -0.2) is 64.1 Å². The monoisotopic (exact) mass is 382 g/mol. The number of hydrogen-bond acceptors (Lipinski definition) is 7. The maximum atomic E-state index is 12.8. The number of rotatable bonds is 6. The fourth-order valence-corrected chi connectivity index (χ4v) is 3.71. The average Bonchev–Trinajstić information content (AvgIpc) is 3.33. The Morgan fingerprint density at radius 3 is 2.36 bits per heavy atom. The molecule has 0 saturated carbocycles. The van der Waals surface area contributed by atoms with Crippen molar-refractivity contribution in [3.05, 3.63) is 35.9 Å². The summed E-state index contributed by atoms with van der Waals surface area (Å²) in [4.78, 5) is 63.4. The van der Waals surface area contributed by atoms with Crippen molar-refractivity contribution in [3.8, 4) is 0 Å². The van der Waals surface area contributed by atoms with Gasteiger partial charge in [-0.15, -0.1) is 0 Å². The summed E-state index contributed by atoms with van der Waals surface area (Å²) in [6.45, 7) is -0.242. The van der Waals surface area contributed by atoms with E-state index in [2.05, 4.69) is 10.5 Å². The molecule has 1 aromatic rings. The van der Waals surface area contributed by atoms with Crippen LogP contribution in [0.15, 0.2) is 35.4 Å². The van der Waals surface area contributed by atoms with Crippen molar-refractivity contribution in [3.63, 3.8) is 0 Å². The van der Waals surface area contributed by atoms with Gasteiger partial charge in [0.25, 0.3) is 5.91 Å². The van der Waals surface area contributed by atoms with Crippen molar-refractivity contribution in [1.29, 1.82) is 0 Å². The first-order chi connectivity index (χ1) is 13.5. The highest BCUT2D eigenvalue weighted by Gasteiger charge is 2.54. The maximum Gasteiger partial charge on any atom is 0.254 e. The summed E-state index contributed by atoms with van der Waals surface area (Å²) < 4.78 is 0. The number of nitrogens with zero attached hydrogens (tertiary/aromatic N) is 3. The van der Waals surface area contributed by atoms with Crippen LogP contribution in [0.2, 0.25) is 0 Å². The summed E-state index contributed by atoms with van der Waals surface area (Å²) in [6, 6.07) is 8.54. The molecule has 2 fully saturated rings. The molecule has 0 aromatic heterocycles. The van der Waals surface area contributed by atoms with Crippen molar-refractivity contribution < 1.29 is 24.0 Å². The zero-order chi connectivity index (χ0) is 19.8. The molecule has 2 saturated heterocycles. The van der Waals surface area contributed by atoms with Gasteiger partial charge in [0.15, 0.2) is 5.78 Å². The molecule has 1 aromatic carbocycles. The van der Waals surface area contributed by atoms with Crippen molar-refractivity contribution in [2.75, 3.05) is 13.1 Å². The third-order valence-corrected chi connectivity index (χ3v) is 5.23. The molecule has 4 amide bonds. The second kappa shape index (κ2) is 6.99. The molecule has 1 N–H and O–H groups in total. The van der Waals surface area contributed by atoms with Gasteiger partial charge in [-0.3, -0.25) is 39.2 Å². The normalized spacial score (nSPS) is 23.9. The standard InChI is InChI=1S/C19H18N4O5/c24-12(10-23-13(25)6-7-14(23)26)16-15-17(21-20-16)19(28)22(18(15)27)9-8-11-4-2-1-3-5-11/h1-5,15,17,21H,6-10H2. The van der Waals surface area contributed by atoms with E-state index in [0.717, 1.165) is 15.4 Å². The molecule has 0 bridgehead atoms. The second-order valence-corrected chi connectivity index (χ2v) is 6.94. The van der Waals surface area contributed by atoms with Gasteiger partial charge in [-0.2, -0.15) is 5.10 Å². The fourth-order valence-electron chi connectivity index (χ4n) is 3.71. The van der Waals surface area contributed by atoms with Crippen molar-refractivity contribution in [2.24, 2.45) is 11.0 Å². The molecule has 144 valence electrons. The Morgan fingerprint density at radius 2 is 1.68 bits per heavy atom. The van der Waals surface area contributed by atoms with Gasteiger partial charge >= 0.3 is 0 Å². The number of ketones is 1. The van der Waals surface area contributed by atoms with E-state index in [-0.39, 0.29) is 25.1 Å². The lowest BCUT2D eigenvalue weighted by molar-refractivity contribution is -0.141. The number of benzene rings is 1. The third-order valence-electron chi connectivity index (χ3n) is 5.23. The summed E-state index contributed by atoms with van der Waals surface area (Å²) in [7, 11) is 0. The molecule has 0 aliphatic carbocycles. The van der Waals surface area contributed by atoms with Crippen LogP contribution in [0.4, 0.5) is 0 Å². The number of hydrogen-bond donors (Lipinski definition) is 1. The topological polar surface area (TPSA) is 116 Å². The maximum absolute atomic E-state index is 12.8. The first-order valence-electron chi connectivity index (χ1n) is 9.06. The number of fused-ring (bicyclic) bond motifs is 1. The van der Waals surface area contributed by atoms with Crippen LogP contribution in [0.25, 0.3) is 0 Å². The Kier molecular flexibility index (Phi) is 4.50. The highest BCUT2D eigenvalue weighted by Crippen LogP contribution is 2.27. The van der Waals surface area contributed by atoms with Crippen molar-refractivity contribution >= 4 is 35.1 Å². The van der Waals surface area contributed by atoms with E-state index in [1.54, 1.807) is 0 Å². The van der Waals surface area contributed by atoms with Gasteiger partial charge < -0.3 is 0 Å². The highest BCUT2D eigenvalue weighted by molar-refractivity contribution is 6.47. The van der Waals surface area contributed by atoms with Crippen LogP contribution in [-0.2, 0) is 30.4 Å². The molecule has 28 heavy (non-hydrogen) atoms. The number of amides is 4. The van der Waals surface area contributed by atoms with Crippen molar-refractivity contribution in [2.45, 2.75) is 25.3 Å². The number of nitrogens with one attached hydrogen (secondary N) is 1. The molecule has 3 aliphatic rings. The number of hydrazone groups is 1. The Hall–Kier alpha value is -3.36. The van der Waals surface area contributed by atoms with E-state index in [9.17, 15) is 24.0 Å². The first kappa shape index (κ1) is 18.0. The van der Waals surface area contributed by atoms with Gasteiger partial charge in [-0.1, -0.05) is 30.3 Å². The minimum absolute atomic E-state index is 0.0770. The second-order valence-electron chi connectivity index (χ2n) is 6.94. The Morgan fingerprint density at radius 1 is 1.00 bits per heavy atom. The van der Waals surface area contributed by atoms with E-state index in [0.29, 0.717) is 6.42 Å².